The molecular weight excluding hydrogens is 471 g/mol. The Morgan fingerprint density at radius 2 is 1.88 bits per heavy atom. The molecule has 2 saturated heterocycles. The van der Waals surface area contributed by atoms with Crippen LogP contribution in [-0.2, 0) is 34.4 Å². The number of hydrogen-bond acceptors (Lipinski definition) is 9. The van der Waals surface area contributed by atoms with E-state index in [-0.39, 0.29) is 18.4 Å². The summed E-state index contributed by atoms with van der Waals surface area (Å²) in [5, 5.41) is 0.250. The van der Waals surface area contributed by atoms with Gasteiger partial charge in [-0.3, -0.25) is 9.13 Å². The third-order valence-corrected chi connectivity index (χ3v) is 6.99. The lowest BCUT2D eigenvalue weighted by atomic mass is 10.1. The van der Waals surface area contributed by atoms with Gasteiger partial charge in [0.2, 0.25) is 0 Å². The lowest BCUT2D eigenvalue weighted by Gasteiger charge is -2.25. The number of benzene rings is 1. The highest BCUT2D eigenvalue weighted by molar-refractivity contribution is 7.52. The smallest absolute Gasteiger partial charge is 0.328 e. The van der Waals surface area contributed by atoms with Gasteiger partial charge in [-0.1, -0.05) is 41.9 Å². The van der Waals surface area contributed by atoms with Crippen LogP contribution < -0.4 is 0 Å². The lowest BCUT2D eigenvalue weighted by molar-refractivity contribution is -0.199. The summed E-state index contributed by atoms with van der Waals surface area (Å²) in [5.41, 5.74) is 1.88. The predicted molar refractivity (Wildman–Crippen MR) is 119 cm³/mol. The van der Waals surface area contributed by atoms with Crippen molar-refractivity contribution in [1.82, 2.24) is 19.5 Å². The first-order valence-electron chi connectivity index (χ1n) is 10.5. The van der Waals surface area contributed by atoms with Crippen molar-refractivity contribution in [3.8, 4) is 0 Å². The molecule has 0 amide bonds. The quantitative estimate of drug-likeness (QED) is 0.356. The summed E-state index contributed by atoms with van der Waals surface area (Å²) in [5.74, 6) is -0.821. The monoisotopic (exact) mass is 494 g/mol. The van der Waals surface area contributed by atoms with Crippen LogP contribution in [0.5, 0.6) is 0 Å². The van der Waals surface area contributed by atoms with Crippen LogP contribution in [0.1, 0.15) is 25.6 Å². The number of imidazole rings is 1. The molecule has 2 aliphatic heterocycles. The van der Waals surface area contributed by atoms with E-state index in [2.05, 4.69) is 15.0 Å². The van der Waals surface area contributed by atoms with Gasteiger partial charge < -0.3 is 23.3 Å². The molecule has 0 bridgehead atoms. The van der Waals surface area contributed by atoms with Crippen LogP contribution in [-0.4, -0.2) is 56.9 Å². The Morgan fingerprint density at radius 1 is 1.12 bits per heavy atom. The zero-order chi connectivity index (χ0) is 23.2. The van der Waals surface area contributed by atoms with Crippen molar-refractivity contribution < 1.29 is 27.8 Å². The van der Waals surface area contributed by atoms with Crippen LogP contribution in [0, 0.1) is 0 Å². The Balaban J connectivity index is 1.32. The summed E-state index contributed by atoms with van der Waals surface area (Å²) in [4.78, 5) is 12.6. The summed E-state index contributed by atoms with van der Waals surface area (Å²) in [7, 11) is -3.34. The highest BCUT2D eigenvalue weighted by Crippen LogP contribution is 2.48. The van der Waals surface area contributed by atoms with Crippen LogP contribution >= 0.6 is 19.2 Å². The molecule has 33 heavy (non-hydrogen) atoms. The van der Waals surface area contributed by atoms with Gasteiger partial charge in [-0.25, -0.2) is 15.0 Å². The second-order valence-corrected chi connectivity index (χ2v) is 10.9. The molecule has 0 radical (unpaired) electrons. The molecule has 0 aliphatic carbocycles. The van der Waals surface area contributed by atoms with Crippen molar-refractivity contribution in [2.45, 2.75) is 50.8 Å². The summed E-state index contributed by atoms with van der Waals surface area (Å²) in [6, 6.07) is 9.48. The molecule has 1 aromatic carbocycles. The summed E-state index contributed by atoms with van der Waals surface area (Å²) < 4.78 is 44.3. The molecule has 5 rings (SSSR count). The van der Waals surface area contributed by atoms with Crippen molar-refractivity contribution in [3.05, 3.63) is 53.7 Å². The van der Waals surface area contributed by atoms with E-state index in [4.69, 9.17) is 34.9 Å². The number of hydrogen-bond donors (Lipinski definition) is 0. The molecule has 12 heteroatoms. The molecule has 1 unspecified atom stereocenters. The molecule has 2 fully saturated rings. The van der Waals surface area contributed by atoms with Crippen LogP contribution in [0.25, 0.3) is 11.2 Å². The number of rotatable bonds is 7. The van der Waals surface area contributed by atoms with Crippen molar-refractivity contribution >= 4 is 30.4 Å². The number of fused-ring (bicyclic) bond motifs is 2. The minimum atomic E-state index is -3.34. The van der Waals surface area contributed by atoms with E-state index in [1.807, 2.05) is 44.2 Å². The van der Waals surface area contributed by atoms with Crippen molar-refractivity contribution in [2.24, 2.45) is 0 Å². The molecule has 10 nitrogen and oxygen atoms in total. The molecule has 2 aliphatic rings. The first kappa shape index (κ1) is 22.9. The van der Waals surface area contributed by atoms with Crippen LogP contribution in [0.15, 0.2) is 43.0 Å². The summed E-state index contributed by atoms with van der Waals surface area (Å²) in [6.07, 6.45) is 0.894. The first-order valence-corrected chi connectivity index (χ1v) is 12.8. The van der Waals surface area contributed by atoms with Gasteiger partial charge in [-0.15, -0.1) is 0 Å². The Morgan fingerprint density at radius 3 is 2.67 bits per heavy atom. The third-order valence-electron chi connectivity index (χ3n) is 5.50. The van der Waals surface area contributed by atoms with Crippen LogP contribution in [0.3, 0.4) is 0 Å². The van der Waals surface area contributed by atoms with Crippen molar-refractivity contribution in [2.75, 3.05) is 13.3 Å². The first-order chi connectivity index (χ1) is 15.7. The largest absolute Gasteiger partial charge is 0.347 e. The topological polar surface area (TPSA) is 107 Å². The second-order valence-electron chi connectivity index (χ2n) is 8.44. The fourth-order valence-electron chi connectivity index (χ4n) is 4.04. The van der Waals surface area contributed by atoms with E-state index >= 15 is 0 Å². The van der Waals surface area contributed by atoms with Gasteiger partial charge in [-0.05, 0) is 19.4 Å². The Hall–Kier alpha value is -1.91. The zero-order valence-corrected chi connectivity index (χ0v) is 20.0. The highest BCUT2D eigenvalue weighted by Gasteiger charge is 2.56. The van der Waals surface area contributed by atoms with Gasteiger partial charge in [0.05, 0.1) is 19.5 Å². The third kappa shape index (κ3) is 4.70. The molecule has 2 aromatic heterocycles. The summed E-state index contributed by atoms with van der Waals surface area (Å²) in [6.45, 7) is 5.29. The van der Waals surface area contributed by atoms with Gasteiger partial charge in [0, 0.05) is 6.66 Å². The molecule has 176 valence electrons. The van der Waals surface area contributed by atoms with E-state index in [0.717, 1.165) is 5.56 Å². The number of nitrogens with zero attached hydrogens (tertiary/aromatic N) is 4. The molecule has 4 heterocycles. The molecular formula is C21H24ClN4O6P. The fraction of sp³-hybridized carbons (Fsp3) is 0.476. The Labute approximate surface area is 195 Å². The van der Waals surface area contributed by atoms with E-state index in [9.17, 15) is 4.57 Å². The number of halogens is 1. The van der Waals surface area contributed by atoms with Crippen molar-refractivity contribution in [3.63, 3.8) is 0 Å². The van der Waals surface area contributed by atoms with Gasteiger partial charge in [0.1, 0.15) is 30.2 Å². The van der Waals surface area contributed by atoms with Gasteiger partial charge in [0.15, 0.2) is 22.8 Å². The lowest BCUT2D eigenvalue weighted by Crippen LogP contribution is -2.32. The van der Waals surface area contributed by atoms with Crippen LogP contribution in [0.2, 0.25) is 5.15 Å². The zero-order valence-electron chi connectivity index (χ0n) is 18.3. The Kier molecular flexibility index (Phi) is 6.03. The van der Waals surface area contributed by atoms with Gasteiger partial charge in [0.25, 0.3) is 0 Å². The molecule has 0 spiro atoms. The predicted octanol–water partition coefficient (Wildman–Crippen LogP) is 3.95. The van der Waals surface area contributed by atoms with Crippen LogP contribution in [0.4, 0.5) is 0 Å². The molecule has 5 atom stereocenters. The minimum absolute atomic E-state index is 0.00203. The Bertz CT molecular complexity index is 1190. The highest BCUT2D eigenvalue weighted by atomic mass is 35.5. The average molecular weight is 495 g/mol. The normalized spacial score (nSPS) is 28.1. The summed E-state index contributed by atoms with van der Waals surface area (Å²) >= 11 is 6.15. The average Bonchev–Trinajstić information content (AvgIpc) is 3.43. The van der Waals surface area contributed by atoms with Gasteiger partial charge in [-0.2, -0.15) is 0 Å². The van der Waals surface area contributed by atoms with Gasteiger partial charge >= 0.3 is 7.60 Å². The standard InChI is InChI=1S/C21H24ClN4O6P/c1-21(2)31-16-14(10-29-33(3,27)28-9-13-7-5-4-6-8-13)30-20(17(16)32-21)26-12-25-15-18(22)23-11-24-19(15)26/h4-8,11-12,14,16-17,20H,9-10H2,1-3H3/t14-,16-,17-,20-,33?/m1/s1. The number of ether oxygens (including phenoxy) is 3. The molecule has 0 N–H and O–H groups in total. The maximum absolute atomic E-state index is 12.9. The molecule has 3 aromatic rings. The maximum Gasteiger partial charge on any atom is 0.328 e. The second kappa shape index (κ2) is 8.70. The SMILES string of the molecule is CC1(C)O[C@@H]2[C@H](O1)[C@@H](COP(C)(=O)OCc1ccccc1)O[C@H]2n1cnc2c(Cl)ncnc21. The maximum atomic E-state index is 12.9. The van der Waals surface area contributed by atoms with E-state index in [0.29, 0.717) is 11.2 Å². The number of aromatic nitrogens is 4. The van der Waals surface area contributed by atoms with Crippen molar-refractivity contribution in [1.29, 1.82) is 0 Å². The van der Waals surface area contributed by atoms with E-state index in [1.165, 1.54) is 13.0 Å². The minimum Gasteiger partial charge on any atom is -0.347 e. The fourth-order valence-corrected chi connectivity index (χ4v) is 5.09. The van der Waals surface area contributed by atoms with E-state index in [1.54, 1.807) is 10.9 Å². The van der Waals surface area contributed by atoms with E-state index < -0.39 is 37.9 Å². The molecule has 0 saturated carbocycles.